The molecule has 0 N–H and O–H groups in total. The van der Waals surface area contributed by atoms with Crippen LogP contribution in [0.1, 0.15) is 12.5 Å². The quantitative estimate of drug-likeness (QED) is 0.703. The van der Waals surface area contributed by atoms with Crippen LogP contribution in [0.5, 0.6) is 5.75 Å². The van der Waals surface area contributed by atoms with E-state index in [0.717, 1.165) is 23.3 Å². The number of aryl methyl sites for hydroxylation is 1. The molecule has 0 spiro atoms. The minimum atomic E-state index is -3.61. The van der Waals surface area contributed by atoms with Gasteiger partial charge in [0.1, 0.15) is 11.8 Å². The molecule has 1 fully saturated rings. The maximum Gasteiger partial charge on any atom is 0.246 e. The minimum Gasteiger partial charge on any atom is -0.497 e. The fourth-order valence-electron chi connectivity index (χ4n) is 3.74. The normalized spacial score (nSPS) is 15.6. The molecule has 162 valence electrons. The van der Waals surface area contributed by atoms with Gasteiger partial charge < -0.3 is 14.5 Å². The van der Waals surface area contributed by atoms with Crippen LogP contribution in [0.4, 0.5) is 11.4 Å². The van der Waals surface area contributed by atoms with Crippen LogP contribution in [-0.2, 0) is 14.8 Å². The number of anilines is 2. The molecule has 0 saturated carbocycles. The van der Waals surface area contributed by atoms with Gasteiger partial charge in [0.05, 0.1) is 19.1 Å². The third-order valence-corrected chi connectivity index (χ3v) is 6.63. The molecule has 1 aliphatic rings. The SMILES string of the molecule is COc1ccc(N2CCN(C(=O)[C@@H](C)N(c3ccc(C)cc3)S(C)(=O)=O)CC2)cc1. The van der Waals surface area contributed by atoms with Gasteiger partial charge in [-0.1, -0.05) is 17.7 Å². The summed E-state index contributed by atoms with van der Waals surface area (Å²) >= 11 is 0. The number of rotatable bonds is 6. The van der Waals surface area contributed by atoms with E-state index in [2.05, 4.69) is 4.90 Å². The zero-order valence-electron chi connectivity index (χ0n) is 17.9. The summed E-state index contributed by atoms with van der Waals surface area (Å²) in [6, 6.07) is 14.2. The number of ether oxygens (including phenoxy) is 1. The Morgan fingerprint density at radius 3 is 2.07 bits per heavy atom. The summed E-state index contributed by atoms with van der Waals surface area (Å²) in [4.78, 5) is 17.1. The van der Waals surface area contributed by atoms with Gasteiger partial charge in [-0.3, -0.25) is 9.10 Å². The summed E-state index contributed by atoms with van der Waals surface area (Å²) in [5, 5.41) is 0. The van der Waals surface area contributed by atoms with Crippen LogP contribution in [0.2, 0.25) is 0 Å². The number of carbonyl (C=O) groups is 1. The molecule has 0 aromatic heterocycles. The second kappa shape index (κ2) is 8.95. The number of carbonyl (C=O) groups excluding carboxylic acids is 1. The lowest BCUT2D eigenvalue weighted by Crippen LogP contribution is -2.55. The zero-order chi connectivity index (χ0) is 21.9. The van der Waals surface area contributed by atoms with Gasteiger partial charge in [-0.15, -0.1) is 0 Å². The number of hydrogen-bond acceptors (Lipinski definition) is 5. The number of piperazine rings is 1. The topological polar surface area (TPSA) is 70.2 Å². The Hall–Kier alpha value is -2.74. The Morgan fingerprint density at radius 2 is 1.57 bits per heavy atom. The molecule has 0 unspecified atom stereocenters. The predicted molar refractivity (Wildman–Crippen MR) is 120 cm³/mol. The molecule has 30 heavy (non-hydrogen) atoms. The van der Waals surface area contributed by atoms with Crippen LogP contribution in [0, 0.1) is 6.92 Å². The average Bonchev–Trinajstić information content (AvgIpc) is 2.74. The molecule has 8 heteroatoms. The van der Waals surface area contributed by atoms with Gasteiger partial charge in [-0.05, 0) is 50.2 Å². The molecule has 0 aliphatic carbocycles. The van der Waals surface area contributed by atoms with Crippen LogP contribution in [0.3, 0.4) is 0 Å². The van der Waals surface area contributed by atoms with Crippen molar-refractivity contribution in [2.75, 3.05) is 48.7 Å². The van der Waals surface area contributed by atoms with Gasteiger partial charge in [-0.2, -0.15) is 0 Å². The fraction of sp³-hybridized carbons (Fsp3) is 0.409. The van der Waals surface area contributed by atoms with Crippen LogP contribution in [-0.4, -0.2) is 64.8 Å². The second-order valence-corrected chi connectivity index (χ2v) is 9.44. The molecule has 2 aromatic carbocycles. The van der Waals surface area contributed by atoms with Crippen molar-refractivity contribution < 1.29 is 17.9 Å². The first-order valence-corrected chi connectivity index (χ1v) is 11.8. The van der Waals surface area contributed by atoms with Crippen molar-refractivity contribution in [3.05, 3.63) is 54.1 Å². The van der Waals surface area contributed by atoms with Crippen molar-refractivity contribution in [1.82, 2.24) is 4.90 Å². The van der Waals surface area contributed by atoms with Gasteiger partial charge in [-0.25, -0.2) is 8.42 Å². The third-order valence-electron chi connectivity index (χ3n) is 5.38. The second-order valence-electron chi connectivity index (χ2n) is 7.58. The standard InChI is InChI=1S/C22H29N3O4S/c1-17-5-7-20(8-6-17)25(30(4,27)28)18(2)22(26)24-15-13-23(14-16-24)19-9-11-21(29-3)12-10-19/h5-12,18H,13-16H2,1-4H3/t18-/m1/s1. The van der Waals surface area contributed by atoms with Gasteiger partial charge in [0.2, 0.25) is 15.9 Å². The van der Waals surface area contributed by atoms with Crippen molar-refractivity contribution in [1.29, 1.82) is 0 Å². The minimum absolute atomic E-state index is 0.185. The summed E-state index contributed by atoms with van der Waals surface area (Å²) in [6.45, 7) is 6.05. The van der Waals surface area contributed by atoms with E-state index < -0.39 is 16.1 Å². The molecule has 1 saturated heterocycles. The molecule has 1 heterocycles. The zero-order valence-corrected chi connectivity index (χ0v) is 18.7. The first-order chi connectivity index (χ1) is 14.2. The number of benzene rings is 2. The summed E-state index contributed by atoms with van der Waals surface area (Å²) in [5.74, 6) is 0.619. The highest BCUT2D eigenvalue weighted by Crippen LogP contribution is 2.24. The van der Waals surface area contributed by atoms with Crippen molar-refractivity contribution in [3.8, 4) is 5.75 Å². The molecule has 0 bridgehead atoms. The molecule has 3 rings (SSSR count). The largest absolute Gasteiger partial charge is 0.497 e. The van der Waals surface area contributed by atoms with Crippen molar-refractivity contribution in [3.63, 3.8) is 0 Å². The van der Waals surface area contributed by atoms with Gasteiger partial charge in [0.15, 0.2) is 0 Å². The highest BCUT2D eigenvalue weighted by molar-refractivity contribution is 7.92. The Kier molecular flexibility index (Phi) is 6.55. The number of nitrogens with zero attached hydrogens (tertiary/aromatic N) is 3. The highest BCUT2D eigenvalue weighted by atomic mass is 32.2. The predicted octanol–water partition coefficient (Wildman–Crippen LogP) is 2.51. The molecule has 1 aliphatic heterocycles. The van der Waals surface area contributed by atoms with E-state index in [4.69, 9.17) is 4.74 Å². The lowest BCUT2D eigenvalue weighted by Gasteiger charge is -2.39. The molecular weight excluding hydrogens is 402 g/mol. The molecule has 2 aromatic rings. The summed E-state index contributed by atoms with van der Waals surface area (Å²) in [7, 11) is -1.97. The van der Waals surface area contributed by atoms with E-state index in [1.54, 1.807) is 31.1 Å². The van der Waals surface area contributed by atoms with Crippen LogP contribution in [0.25, 0.3) is 0 Å². The molecule has 1 amide bonds. The maximum absolute atomic E-state index is 13.1. The number of methoxy groups -OCH3 is 1. The fourth-order valence-corrected chi connectivity index (χ4v) is 4.91. The van der Waals surface area contributed by atoms with E-state index in [-0.39, 0.29) is 5.91 Å². The van der Waals surface area contributed by atoms with E-state index in [1.165, 1.54) is 4.31 Å². The third kappa shape index (κ3) is 4.87. The smallest absolute Gasteiger partial charge is 0.246 e. The Morgan fingerprint density at radius 1 is 1.00 bits per heavy atom. The highest BCUT2D eigenvalue weighted by Gasteiger charge is 2.33. The average molecular weight is 432 g/mol. The van der Waals surface area contributed by atoms with Gasteiger partial charge in [0, 0.05) is 31.9 Å². The Labute approximate surface area is 178 Å². The number of hydrogen-bond donors (Lipinski definition) is 0. The Balaban J connectivity index is 1.70. The van der Waals surface area contributed by atoms with Crippen molar-refractivity contribution in [2.45, 2.75) is 19.9 Å². The maximum atomic E-state index is 13.1. The van der Waals surface area contributed by atoms with E-state index in [0.29, 0.717) is 31.9 Å². The monoisotopic (exact) mass is 431 g/mol. The first-order valence-electron chi connectivity index (χ1n) is 9.94. The van der Waals surface area contributed by atoms with E-state index in [9.17, 15) is 13.2 Å². The Bertz CT molecular complexity index is 966. The van der Waals surface area contributed by atoms with Gasteiger partial charge in [0.25, 0.3) is 0 Å². The number of sulfonamides is 1. The summed E-state index contributed by atoms with van der Waals surface area (Å²) < 4.78 is 31.4. The van der Waals surface area contributed by atoms with E-state index >= 15 is 0 Å². The van der Waals surface area contributed by atoms with Crippen LogP contribution < -0.4 is 13.9 Å². The van der Waals surface area contributed by atoms with Crippen molar-refractivity contribution in [2.24, 2.45) is 0 Å². The molecular formula is C22H29N3O4S. The van der Waals surface area contributed by atoms with Gasteiger partial charge >= 0.3 is 0 Å². The number of amides is 1. The lowest BCUT2D eigenvalue weighted by atomic mass is 10.2. The van der Waals surface area contributed by atoms with E-state index in [1.807, 2.05) is 43.3 Å². The molecule has 7 nitrogen and oxygen atoms in total. The first kappa shape index (κ1) is 22.0. The molecule has 0 radical (unpaired) electrons. The van der Waals surface area contributed by atoms with Crippen molar-refractivity contribution >= 4 is 27.3 Å². The van der Waals surface area contributed by atoms with Crippen LogP contribution >= 0.6 is 0 Å². The summed E-state index contributed by atoms with van der Waals surface area (Å²) in [5.41, 5.74) is 2.61. The lowest BCUT2D eigenvalue weighted by molar-refractivity contribution is -0.132. The van der Waals surface area contributed by atoms with Crippen LogP contribution in [0.15, 0.2) is 48.5 Å². The molecule has 1 atom stereocenters. The summed E-state index contributed by atoms with van der Waals surface area (Å²) in [6.07, 6.45) is 1.14.